The topological polar surface area (TPSA) is 91.3 Å². The molecule has 8 rings (SSSR count). The van der Waals surface area contributed by atoms with Crippen molar-refractivity contribution in [2.75, 3.05) is 67.6 Å². The summed E-state index contributed by atoms with van der Waals surface area (Å²) in [5.41, 5.74) is 9.58. The molecule has 0 bridgehead atoms. The summed E-state index contributed by atoms with van der Waals surface area (Å²) in [6.45, 7) is 3.46. The van der Waals surface area contributed by atoms with Crippen LogP contribution in [0.3, 0.4) is 0 Å². The van der Waals surface area contributed by atoms with Gasteiger partial charge in [-0.25, -0.2) is 0 Å². The van der Waals surface area contributed by atoms with Crippen molar-refractivity contribution in [2.24, 2.45) is 0 Å². The van der Waals surface area contributed by atoms with Crippen LogP contribution in [0.5, 0.6) is 46.0 Å². The maximum atomic E-state index is 10.2. The number of alkyl halides is 1. The molecule has 0 saturated carbocycles. The van der Waals surface area contributed by atoms with Crippen LogP contribution in [0.15, 0.2) is 48.5 Å². The van der Waals surface area contributed by atoms with Crippen LogP contribution in [0.2, 0.25) is 0 Å². The molecule has 306 valence electrons. The van der Waals surface area contributed by atoms with Gasteiger partial charge in [0.15, 0.2) is 46.0 Å². The number of fused-ring (bicyclic) bond motifs is 8. The van der Waals surface area contributed by atoms with Crippen LogP contribution in [0.25, 0.3) is 0 Å². The summed E-state index contributed by atoms with van der Waals surface area (Å²) in [7, 11) is 7.27. The number of benzene rings is 4. The Hall–Kier alpha value is -1.88. The molecular weight excluding hydrogens is 1170 g/mol. The molecule has 4 aromatic carbocycles. The molecule has 0 unspecified atom stereocenters. The largest absolute Gasteiger partial charge is 0.493 e. The maximum Gasteiger partial charge on any atom is 0.165 e. The molecule has 0 saturated heterocycles. The van der Waals surface area contributed by atoms with Gasteiger partial charge in [-0.05, 0) is 100 Å². The third-order valence-corrected chi connectivity index (χ3v) is 11.0. The van der Waals surface area contributed by atoms with Crippen LogP contribution in [-0.4, -0.2) is 82.6 Å². The Labute approximate surface area is 383 Å². The van der Waals surface area contributed by atoms with Crippen LogP contribution in [0.1, 0.15) is 64.8 Å². The monoisotopic (exact) mass is 1230 g/mol. The standard InChI is InChI=1S/C21H25NO4.C20H23NO4.CH3I.I3/c1-23-18-6-5-13-9-17-15-11-20(25-3)19(24-2)10-14(15)7-8-22(17)12-16(13)21(18)26-4;1-23-18-5-4-12-8-16-14-10-17(22)19(24-2)9-13(14)6-7-21(16)11-15(12)20(18)25-3;1-2;1-3-2/h5-6,10-11,17H,7-9,12H2,1-4H3;4-5,9-10,16,22H,6-8,11H2,1-3H3;1H3;/q;;;-1/t17-;16-;;/m00../s1/i3D3;;1D3;. The van der Waals surface area contributed by atoms with Crippen LogP contribution in [0.4, 0.5) is 0 Å². The molecule has 4 aromatic rings. The fourth-order valence-electron chi connectivity index (χ4n) is 8.41. The fraction of sp³-hybridized carbons (Fsp3) is 0.429. The van der Waals surface area contributed by atoms with E-state index in [1.54, 1.807) is 35.5 Å². The minimum atomic E-state index is -2.53. The molecular formula is C42H51I4N2O8-. The number of hydrogen-bond acceptors (Lipinski definition) is 10. The van der Waals surface area contributed by atoms with E-state index in [-0.39, 0.29) is 23.6 Å². The molecule has 0 fully saturated rings. The third-order valence-electron chi connectivity index (χ3n) is 11.0. The number of nitrogens with zero attached hydrogens (tertiary/aromatic N) is 2. The second kappa shape index (κ2) is 21.4. The van der Waals surface area contributed by atoms with E-state index >= 15 is 0 Å². The van der Waals surface area contributed by atoms with Gasteiger partial charge in [-0.1, -0.05) is 34.7 Å². The average molecular weight is 1230 g/mol. The molecule has 0 amide bonds. The number of hydrogen-bond donors (Lipinski definition) is 1. The van der Waals surface area contributed by atoms with Gasteiger partial charge in [-0.3, -0.25) is 9.80 Å². The van der Waals surface area contributed by atoms with Gasteiger partial charge in [0.05, 0.1) is 53.8 Å². The Kier molecular flexibility index (Phi) is 14.2. The third kappa shape index (κ3) is 9.44. The first kappa shape index (κ1) is 37.1. The quantitative estimate of drug-likeness (QED) is 0.169. The minimum Gasteiger partial charge on any atom is -0.493 e. The number of phenolic OH excluding ortho intramolecular Hbond substituents is 1. The van der Waals surface area contributed by atoms with E-state index in [4.69, 9.17) is 41.4 Å². The Balaban J connectivity index is 0.000000201. The van der Waals surface area contributed by atoms with E-state index < -0.39 is 11.9 Å². The smallest absolute Gasteiger partial charge is 0.165 e. The number of halogens is 4. The summed E-state index contributed by atoms with van der Waals surface area (Å²) in [4.78, 5) is 3.08. The van der Waals surface area contributed by atoms with Gasteiger partial charge in [0.1, 0.15) is 0 Å². The van der Waals surface area contributed by atoms with Crippen LogP contribution in [-0.2, 0) is 38.8 Å². The van der Waals surface area contributed by atoms with E-state index in [1.807, 2.05) is 36.4 Å². The molecule has 0 aliphatic carbocycles. The minimum absolute atomic E-state index is 0.147. The van der Waals surface area contributed by atoms with E-state index in [0.717, 1.165) is 86.0 Å². The van der Waals surface area contributed by atoms with Gasteiger partial charge in [0.25, 0.3) is 0 Å². The van der Waals surface area contributed by atoms with E-state index in [9.17, 15) is 5.11 Å². The van der Waals surface area contributed by atoms with Gasteiger partial charge in [0, 0.05) is 53.5 Å². The van der Waals surface area contributed by atoms with E-state index in [0.29, 0.717) is 24.8 Å². The number of aromatic hydroxyl groups is 1. The van der Waals surface area contributed by atoms with Gasteiger partial charge in [-0.2, -0.15) is 0 Å². The molecule has 2 atom stereocenters. The van der Waals surface area contributed by atoms with Crippen molar-refractivity contribution in [3.8, 4) is 46.0 Å². The van der Waals surface area contributed by atoms with Gasteiger partial charge in [-0.15, -0.1) is 0 Å². The van der Waals surface area contributed by atoms with Crippen molar-refractivity contribution in [3.63, 3.8) is 0 Å². The molecule has 4 aliphatic rings. The molecule has 4 aliphatic heterocycles. The zero-order valence-electron chi connectivity index (χ0n) is 38.1. The molecule has 0 radical (unpaired) electrons. The maximum absolute atomic E-state index is 10.2. The summed E-state index contributed by atoms with van der Waals surface area (Å²) < 4.78 is 79.2. The number of rotatable bonds is 7. The Morgan fingerprint density at radius 1 is 0.607 bits per heavy atom. The summed E-state index contributed by atoms with van der Waals surface area (Å²) in [5.74, 6) is 4.61. The predicted octanol–water partition coefficient (Wildman–Crippen LogP) is 6.28. The second-order valence-electron chi connectivity index (χ2n) is 13.3. The number of methoxy groups -OCH3 is 7. The van der Waals surface area contributed by atoms with Crippen LogP contribution >= 0.6 is 59.8 Å². The molecule has 1 N–H and O–H groups in total. The van der Waals surface area contributed by atoms with Crippen molar-refractivity contribution < 1.29 is 59.7 Å². The molecule has 56 heavy (non-hydrogen) atoms. The molecule has 4 heterocycles. The fourth-order valence-corrected chi connectivity index (χ4v) is 8.41. The van der Waals surface area contributed by atoms with Gasteiger partial charge >= 0.3 is 50.5 Å². The predicted molar refractivity (Wildman–Crippen MR) is 242 cm³/mol. The molecule has 0 spiro atoms. The molecule has 14 heteroatoms. The normalized spacial score (nSPS) is 19.4. The Bertz CT molecular complexity index is 2180. The second-order valence-corrected chi connectivity index (χ2v) is 29.6. The van der Waals surface area contributed by atoms with Crippen molar-refractivity contribution in [1.82, 2.24) is 9.80 Å². The van der Waals surface area contributed by atoms with E-state index in [1.165, 1.54) is 63.1 Å². The molecule has 10 nitrogen and oxygen atoms in total. The van der Waals surface area contributed by atoms with Crippen molar-refractivity contribution in [3.05, 3.63) is 93.0 Å². The van der Waals surface area contributed by atoms with Crippen molar-refractivity contribution in [1.29, 1.82) is 0 Å². The summed E-state index contributed by atoms with van der Waals surface area (Å²) >= 11 is 6.68. The number of ether oxygens (including phenoxy) is 7. The Morgan fingerprint density at radius 3 is 1.46 bits per heavy atom. The van der Waals surface area contributed by atoms with Crippen LogP contribution < -0.4 is 46.4 Å². The van der Waals surface area contributed by atoms with Crippen LogP contribution in [0, 0.1) is 0 Å². The van der Waals surface area contributed by atoms with Crippen molar-refractivity contribution >= 4 is 59.8 Å². The summed E-state index contributed by atoms with van der Waals surface area (Å²) in [6, 6.07) is 16.2. The zero-order chi connectivity index (χ0) is 45.5. The number of phenols is 1. The van der Waals surface area contributed by atoms with Crippen molar-refractivity contribution in [2.45, 2.75) is 50.9 Å². The van der Waals surface area contributed by atoms with E-state index in [2.05, 4.69) is 59.2 Å². The van der Waals surface area contributed by atoms with Gasteiger partial charge < -0.3 is 38.3 Å². The average Bonchev–Trinajstić information content (AvgIpc) is 3.23. The summed E-state index contributed by atoms with van der Waals surface area (Å²) in [6.07, 6.45) is 3.51. The van der Waals surface area contributed by atoms with Gasteiger partial charge in [0.2, 0.25) is 0 Å². The molecule has 0 aromatic heterocycles. The first-order chi connectivity index (χ1) is 29.4. The first-order valence-electron chi connectivity index (χ1n) is 20.7. The first-order valence-corrected chi connectivity index (χ1v) is 31.4. The zero-order valence-corrected chi connectivity index (χ0v) is 40.8. The summed E-state index contributed by atoms with van der Waals surface area (Å²) in [5, 5.41) is 10.2. The SMILES string of the molecule is COc1cc2c(cc1O)[C@@H]1Cc3ccc(OC)c(OC)c3CN1CC2.I[I-]I.[2H]C([2H])([2H])I.[2H]C([2H])([2H])Oc1cc2c(cc1OC)CCN1Cc3c(ccc(OC)c3OC)C[C@@H]21. The Morgan fingerprint density at radius 2 is 1.04 bits per heavy atom.